The maximum absolute atomic E-state index is 12.7. The second-order valence-corrected chi connectivity index (χ2v) is 6.95. The molecule has 1 heterocycles. The number of ether oxygens (including phenoxy) is 2. The van der Waals surface area contributed by atoms with Crippen molar-refractivity contribution in [1.29, 1.82) is 0 Å². The quantitative estimate of drug-likeness (QED) is 0.466. The third kappa shape index (κ3) is 3.70. The third-order valence-electron chi connectivity index (χ3n) is 5.08. The molecule has 1 aliphatic rings. The van der Waals surface area contributed by atoms with E-state index >= 15 is 0 Å². The van der Waals surface area contributed by atoms with E-state index in [1.807, 2.05) is 66.7 Å². The van der Waals surface area contributed by atoms with Crippen molar-refractivity contribution in [1.82, 2.24) is 0 Å². The Kier molecular flexibility index (Phi) is 5.35. The van der Waals surface area contributed by atoms with Crippen molar-refractivity contribution in [2.75, 3.05) is 19.1 Å². The molecule has 4 rings (SSSR count). The van der Waals surface area contributed by atoms with Crippen LogP contribution in [0.25, 0.3) is 11.6 Å². The molecule has 0 fully saturated rings. The van der Waals surface area contributed by atoms with E-state index in [9.17, 15) is 9.59 Å². The van der Waals surface area contributed by atoms with Crippen LogP contribution in [0.5, 0.6) is 5.75 Å². The maximum atomic E-state index is 12.7. The molecule has 0 aliphatic carbocycles. The molecule has 3 aromatic rings. The number of anilines is 1. The lowest BCUT2D eigenvalue weighted by atomic mass is 10.0. The number of para-hydroxylation sites is 2. The van der Waals surface area contributed by atoms with Gasteiger partial charge in [-0.25, -0.2) is 4.79 Å². The summed E-state index contributed by atoms with van der Waals surface area (Å²) in [5, 5.41) is 0. The minimum Gasteiger partial charge on any atom is -0.488 e. The summed E-state index contributed by atoms with van der Waals surface area (Å²) in [5.41, 5.74) is 4.71. The molecular weight excluding hydrogens is 378 g/mol. The predicted octanol–water partition coefficient (Wildman–Crippen LogP) is 4.57. The Labute approximate surface area is 175 Å². The van der Waals surface area contributed by atoms with Crippen molar-refractivity contribution in [2.24, 2.45) is 0 Å². The number of methoxy groups -OCH3 is 1. The molecule has 0 saturated heterocycles. The van der Waals surface area contributed by atoms with Gasteiger partial charge in [0.15, 0.2) is 0 Å². The van der Waals surface area contributed by atoms with Crippen molar-refractivity contribution in [2.45, 2.75) is 6.61 Å². The standard InChI is InChI=1S/C25H21NO4/c1-26-22-9-5-4-8-20(22)21(24(26)27)15-19-7-3-6-10-23(19)30-16-17-11-13-18(14-12-17)25(28)29-2/h3-15H,16H2,1-2H3. The number of carbonyl (C=O) groups excluding carboxylic acids is 2. The summed E-state index contributed by atoms with van der Waals surface area (Å²) < 4.78 is 10.7. The fraction of sp³-hybridized carbons (Fsp3) is 0.120. The summed E-state index contributed by atoms with van der Waals surface area (Å²) in [4.78, 5) is 26.0. The molecule has 1 aliphatic heterocycles. The third-order valence-corrected chi connectivity index (χ3v) is 5.08. The number of benzene rings is 3. The molecule has 0 saturated carbocycles. The Morgan fingerprint density at radius 1 is 0.967 bits per heavy atom. The number of rotatable bonds is 5. The normalized spacial score (nSPS) is 14.0. The molecule has 0 atom stereocenters. The van der Waals surface area contributed by atoms with Gasteiger partial charge in [0.2, 0.25) is 0 Å². The zero-order valence-corrected chi connectivity index (χ0v) is 16.8. The number of hydrogen-bond acceptors (Lipinski definition) is 4. The summed E-state index contributed by atoms with van der Waals surface area (Å²) in [6.07, 6.45) is 1.88. The summed E-state index contributed by atoms with van der Waals surface area (Å²) in [5.74, 6) is 0.275. The topological polar surface area (TPSA) is 55.8 Å². The van der Waals surface area contributed by atoms with Crippen LogP contribution in [0.4, 0.5) is 5.69 Å². The number of likely N-dealkylation sites (N-methyl/N-ethyl adjacent to an activating group) is 1. The van der Waals surface area contributed by atoms with E-state index < -0.39 is 0 Å². The number of fused-ring (bicyclic) bond motifs is 1. The maximum Gasteiger partial charge on any atom is 0.337 e. The number of hydrogen-bond donors (Lipinski definition) is 0. The highest BCUT2D eigenvalue weighted by Gasteiger charge is 2.29. The van der Waals surface area contributed by atoms with Crippen LogP contribution >= 0.6 is 0 Å². The fourth-order valence-electron chi connectivity index (χ4n) is 3.44. The molecule has 150 valence electrons. The van der Waals surface area contributed by atoms with E-state index in [1.54, 1.807) is 24.1 Å². The van der Waals surface area contributed by atoms with Crippen molar-refractivity contribution < 1.29 is 19.1 Å². The van der Waals surface area contributed by atoms with Crippen molar-refractivity contribution in [3.05, 3.63) is 95.1 Å². The largest absolute Gasteiger partial charge is 0.488 e. The number of nitrogens with zero attached hydrogens (tertiary/aromatic N) is 1. The van der Waals surface area contributed by atoms with Crippen LogP contribution in [-0.4, -0.2) is 26.0 Å². The monoisotopic (exact) mass is 399 g/mol. The number of amides is 1. The minimum absolute atomic E-state index is 0.0376. The second kappa shape index (κ2) is 8.25. The Bertz CT molecular complexity index is 1130. The molecule has 0 radical (unpaired) electrons. The summed E-state index contributed by atoms with van der Waals surface area (Å²) in [7, 11) is 3.14. The van der Waals surface area contributed by atoms with Gasteiger partial charge in [0.1, 0.15) is 12.4 Å². The number of esters is 1. The first-order valence-electron chi connectivity index (χ1n) is 9.56. The van der Waals surface area contributed by atoms with E-state index in [1.165, 1.54) is 7.11 Å². The van der Waals surface area contributed by atoms with Gasteiger partial charge in [0.05, 0.1) is 18.4 Å². The lowest BCUT2D eigenvalue weighted by molar-refractivity contribution is -0.112. The molecule has 30 heavy (non-hydrogen) atoms. The van der Waals surface area contributed by atoms with Crippen LogP contribution in [0, 0.1) is 0 Å². The fourth-order valence-corrected chi connectivity index (χ4v) is 3.44. The molecule has 0 spiro atoms. The molecule has 5 heteroatoms. The van der Waals surface area contributed by atoms with Gasteiger partial charge in [-0.2, -0.15) is 0 Å². The van der Waals surface area contributed by atoms with E-state index in [0.717, 1.165) is 22.4 Å². The van der Waals surface area contributed by atoms with Gasteiger partial charge in [-0.3, -0.25) is 4.79 Å². The van der Waals surface area contributed by atoms with Gasteiger partial charge in [0, 0.05) is 23.7 Å². The Morgan fingerprint density at radius 3 is 2.43 bits per heavy atom. The number of carbonyl (C=O) groups is 2. The SMILES string of the molecule is COC(=O)c1ccc(COc2ccccc2C=C2C(=O)N(C)c3ccccc32)cc1. The van der Waals surface area contributed by atoms with Crippen LogP contribution in [0.3, 0.4) is 0 Å². The van der Waals surface area contributed by atoms with Crippen molar-refractivity contribution in [3.8, 4) is 5.75 Å². The van der Waals surface area contributed by atoms with Crippen LogP contribution in [0.2, 0.25) is 0 Å². The van der Waals surface area contributed by atoms with Crippen LogP contribution in [0.15, 0.2) is 72.8 Å². The van der Waals surface area contributed by atoms with Gasteiger partial charge in [-0.05, 0) is 35.9 Å². The lowest BCUT2D eigenvalue weighted by Gasteiger charge is -2.10. The Balaban J connectivity index is 1.57. The molecule has 0 unspecified atom stereocenters. The van der Waals surface area contributed by atoms with Crippen molar-refractivity contribution in [3.63, 3.8) is 0 Å². The Hall–Kier alpha value is -3.86. The van der Waals surface area contributed by atoms with Crippen LogP contribution < -0.4 is 9.64 Å². The van der Waals surface area contributed by atoms with Crippen LogP contribution in [-0.2, 0) is 16.1 Å². The molecule has 0 aromatic heterocycles. The molecule has 3 aromatic carbocycles. The second-order valence-electron chi connectivity index (χ2n) is 6.95. The van der Waals surface area contributed by atoms with Gasteiger partial charge in [-0.15, -0.1) is 0 Å². The highest BCUT2D eigenvalue weighted by molar-refractivity contribution is 6.35. The molecule has 5 nitrogen and oxygen atoms in total. The first-order chi connectivity index (χ1) is 14.6. The first-order valence-corrected chi connectivity index (χ1v) is 9.56. The van der Waals surface area contributed by atoms with Gasteiger partial charge < -0.3 is 14.4 Å². The smallest absolute Gasteiger partial charge is 0.337 e. The lowest BCUT2D eigenvalue weighted by Crippen LogP contribution is -2.20. The Morgan fingerprint density at radius 2 is 1.67 bits per heavy atom. The van der Waals surface area contributed by atoms with Crippen LogP contribution in [0.1, 0.15) is 27.0 Å². The molecule has 1 amide bonds. The van der Waals surface area contributed by atoms with Crippen molar-refractivity contribution >= 4 is 29.2 Å². The summed E-state index contributed by atoms with van der Waals surface area (Å²) in [6.45, 7) is 0.339. The first kappa shape index (κ1) is 19.5. The zero-order valence-electron chi connectivity index (χ0n) is 16.8. The van der Waals surface area contributed by atoms with E-state index in [4.69, 9.17) is 9.47 Å². The molecule has 0 bridgehead atoms. The van der Waals surface area contributed by atoms with Gasteiger partial charge >= 0.3 is 5.97 Å². The highest BCUT2D eigenvalue weighted by atomic mass is 16.5. The van der Waals surface area contributed by atoms with E-state index in [2.05, 4.69) is 0 Å². The average Bonchev–Trinajstić information content (AvgIpc) is 3.03. The zero-order chi connectivity index (χ0) is 21.1. The average molecular weight is 399 g/mol. The summed E-state index contributed by atoms with van der Waals surface area (Å²) >= 11 is 0. The van der Waals surface area contributed by atoms with E-state index in [-0.39, 0.29) is 11.9 Å². The minimum atomic E-state index is -0.370. The van der Waals surface area contributed by atoms with Gasteiger partial charge in [-0.1, -0.05) is 48.5 Å². The van der Waals surface area contributed by atoms with E-state index in [0.29, 0.717) is 23.5 Å². The predicted molar refractivity (Wildman–Crippen MR) is 116 cm³/mol. The highest BCUT2D eigenvalue weighted by Crippen LogP contribution is 2.37. The molecule has 0 N–H and O–H groups in total. The summed E-state index contributed by atoms with van der Waals surface area (Å²) in [6, 6.07) is 22.5. The molecular formula is C25H21NO4. The van der Waals surface area contributed by atoms with Gasteiger partial charge in [0.25, 0.3) is 5.91 Å².